The molecule has 0 amide bonds. The second-order valence-corrected chi connectivity index (χ2v) is 11.6. The molecule has 4 aromatic carbocycles. The van der Waals surface area contributed by atoms with E-state index in [-0.39, 0.29) is 5.54 Å². The Balaban J connectivity index is 1.21. The van der Waals surface area contributed by atoms with E-state index in [1.54, 1.807) is 0 Å². The topological polar surface area (TPSA) is 22.2 Å². The van der Waals surface area contributed by atoms with E-state index in [1.807, 2.05) is 12.1 Å². The molecule has 0 aromatic heterocycles. The fraction of sp³-hybridized carbons (Fsp3) is 0.257. The lowest BCUT2D eigenvalue weighted by Crippen LogP contribution is -2.49. The molecule has 6 rings (SSSR count). The first-order valence-electron chi connectivity index (χ1n) is 14.0. The monoisotopic (exact) mass is 530 g/mol. The highest BCUT2D eigenvalue weighted by Gasteiger charge is 2.35. The summed E-state index contributed by atoms with van der Waals surface area (Å²) < 4.78 is 6.42. The first-order valence-corrected chi connectivity index (χ1v) is 14.0. The van der Waals surface area contributed by atoms with Gasteiger partial charge in [-0.1, -0.05) is 48.0 Å². The average molecular weight is 531 g/mol. The van der Waals surface area contributed by atoms with Crippen LogP contribution in [0.5, 0.6) is 11.5 Å². The summed E-state index contributed by atoms with van der Waals surface area (Å²) in [7, 11) is 2.18. The van der Waals surface area contributed by atoms with Crippen molar-refractivity contribution in [1.29, 1.82) is 0 Å². The van der Waals surface area contributed by atoms with E-state index in [4.69, 9.17) is 4.74 Å². The molecule has 0 radical (unpaired) electrons. The molecule has 0 atom stereocenters. The minimum atomic E-state index is -0.0297. The quantitative estimate of drug-likeness (QED) is 0.257. The van der Waals surface area contributed by atoms with Crippen molar-refractivity contribution in [3.63, 3.8) is 0 Å². The predicted molar refractivity (Wildman–Crippen MR) is 167 cm³/mol. The number of fused-ring (bicyclic) bond motifs is 1. The van der Waals surface area contributed by atoms with Crippen LogP contribution in [-0.4, -0.2) is 25.3 Å². The zero-order valence-electron chi connectivity index (χ0n) is 24.3. The molecule has 4 aromatic rings. The summed E-state index contributed by atoms with van der Waals surface area (Å²) in [4.78, 5) is 9.32. The van der Waals surface area contributed by atoms with Gasteiger partial charge < -0.3 is 19.4 Å². The molecule has 0 spiro atoms. The van der Waals surface area contributed by atoms with Crippen LogP contribution < -0.4 is 19.4 Å². The van der Waals surface area contributed by atoms with Gasteiger partial charge in [-0.15, -0.1) is 0 Å². The molecule has 0 saturated heterocycles. The van der Waals surface area contributed by atoms with Gasteiger partial charge in [-0.25, -0.2) is 0 Å². The van der Waals surface area contributed by atoms with E-state index in [2.05, 4.69) is 146 Å². The molecule has 2 heterocycles. The highest BCUT2D eigenvalue weighted by atomic mass is 16.5. The number of nitrogens with zero attached hydrogens (tertiary/aromatic N) is 4. The lowest BCUT2D eigenvalue weighted by Gasteiger charge is -2.47. The molecule has 0 N–H and O–H groups in total. The third kappa shape index (κ3) is 4.71. The third-order valence-corrected chi connectivity index (χ3v) is 8.33. The summed E-state index contributed by atoms with van der Waals surface area (Å²) in [6, 6.07) is 29.9. The van der Waals surface area contributed by atoms with Crippen molar-refractivity contribution in [3.05, 3.63) is 120 Å². The zero-order valence-corrected chi connectivity index (χ0v) is 24.3. The lowest BCUT2D eigenvalue weighted by molar-refractivity contribution is 0.150. The Morgan fingerprint density at radius 1 is 0.675 bits per heavy atom. The number of hydrogen-bond donors (Lipinski definition) is 0. The largest absolute Gasteiger partial charge is 0.457 e. The van der Waals surface area contributed by atoms with Gasteiger partial charge in [0.2, 0.25) is 0 Å². The number of aryl methyl sites for hydroxylation is 3. The van der Waals surface area contributed by atoms with Crippen molar-refractivity contribution in [2.45, 2.75) is 40.2 Å². The van der Waals surface area contributed by atoms with Crippen LogP contribution in [0.3, 0.4) is 0 Å². The van der Waals surface area contributed by atoms with Crippen LogP contribution in [0.25, 0.3) is 0 Å². The van der Waals surface area contributed by atoms with Crippen LogP contribution in [0.4, 0.5) is 22.7 Å². The van der Waals surface area contributed by atoms with E-state index in [0.29, 0.717) is 0 Å². The molecule has 0 aliphatic carbocycles. The maximum Gasteiger partial charge on any atom is 0.129 e. The van der Waals surface area contributed by atoms with Gasteiger partial charge in [0.25, 0.3) is 0 Å². The second-order valence-electron chi connectivity index (χ2n) is 11.6. The maximum atomic E-state index is 6.42. The third-order valence-electron chi connectivity index (χ3n) is 8.33. The summed E-state index contributed by atoms with van der Waals surface area (Å²) in [6.07, 6.45) is 4.31. The molecule has 0 unspecified atom stereocenters. The van der Waals surface area contributed by atoms with Crippen molar-refractivity contribution in [1.82, 2.24) is 4.90 Å². The predicted octanol–water partition coefficient (Wildman–Crippen LogP) is 8.44. The van der Waals surface area contributed by atoms with Crippen LogP contribution in [0, 0.1) is 20.8 Å². The van der Waals surface area contributed by atoms with E-state index in [1.165, 1.54) is 33.6 Å². The van der Waals surface area contributed by atoms with Gasteiger partial charge in [-0.3, -0.25) is 4.90 Å². The Hall–Kier alpha value is -4.22. The number of para-hydroxylation sites is 1. The molecule has 40 heavy (non-hydrogen) atoms. The van der Waals surface area contributed by atoms with Gasteiger partial charge in [0.05, 0.1) is 13.3 Å². The van der Waals surface area contributed by atoms with E-state index < -0.39 is 0 Å². The Morgan fingerprint density at radius 2 is 1.30 bits per heavy atom. The number of rotatable bonds is 5. The van der Waals surface area contributed by atoms with Gasteiger partial charge in [-0.05, 0) is 88.7 Å². The molecule has 5 nitrogen and oxygen atoms in total. The SMILES string of the molecule is Cc1cc(C)c(N2C=CN(c3cccc(Oc4cccc(N5CN(C)C(C)(C)c6ccccc65)c4)c3)C2)c(C)c1. The van der Waals surface area contributed by atoms with Gasteiger partial charge in [0.15, 0.2) is 0 Å². The Morgan fingerprint density at radius 3 is 2.02 bits per heavy atom. The second kappa shape index (κ2) is 10.1. The summed E-state index contributed by atoms with van der Waals surface area (Å²) in [5.74, 6) is 1.64. The maximum absolute atomic E-state index is 6.42. The van der Waals surface area contributed by atoms with Gasteiger partial charge in [-0.2, -0.15) is 0 Å². The fourth-order valence-corrected chi connectivity index (χ4v) is 6.05. The highest BCUT2D eigenvalue weighted by Crippen LogP contribution is 2.43. The zero-order chi connectivity index (χ0) is 28.0. The summed E-state index contributed by atoms with van der Waals surface area (Å²) in [5.41, 5.74) is 9.93. The van der Waals surface area contributed by atoms with E-state index >= 15 is 0 Å². The molecular formula is C35H38N4O. The molecule has 0 fully saturated rings. The first kappa shape index (κ1) is 26.0. The van der Waals surface area contributed by atoms with Gasteiger partial charge in [0, 0.05) is 52.8 Å². The van der Waals surface area contributed by atoms with Crippen LogP contribution in [0.2, 0.25) is 0 Å². The summed E-state index contributed by atoms with van der Waals surface area (Å²) in [6.45, 7) is 12.7. The van der Waals surface area contributed by atoms with Crippen LogP contribution in [0.15, 0.2) is 97.3 Å². The number of anilines is 4. The summed E-state index contributed by atoms with van der Waals surface area (Å²) in [5, 5.41) is 0. The number of benzene rings is 4. The highest BCUT2D eigenvalue weighted by molar-refractivity contribution is 5.70. The number of ether oxygens (including phenoxy) is 1. The summed E-state index contributed by atoms with van der Waals surface area (Å²) >= 11 is 0. The van der Waals surface area contributed by atoms with Crippen molar-refractivity contribution in [2.75, 3.05) is 35.1 Å². The van der Waals surface area contributed by atoms with Crippen molar-refractivity contribution >= 4 is 22.7 Å². The lowest BCUT2D eigenvalue weighted by atomic mass is 9.88. The van der Waals surface area contributed by atoms with Crippen LogP contribution in [-0.2, 0) is 5.54 Å². The number of hydrogen-bond acceptors (Lipinski definition) is 5. The molecule has 2 aliphatic rings. The van der Waals surface area contributed by atoms with Crippen LogP contribution >= 0.6 is 0 Å². The van der Waals surface area contributed by atoms with Gasteiger partial charge >= 0.3 is 0 Å². The smallest absolute Gasteiger partial charge is 0.129 e. The van der Waals surface area contributed by atoms with Gasteiger partial charge in [0.1, 0.15) is 11.5 Å². The first-order chi connectivity index (χ1) is 19.2. The Kier molecular flexibility index (Phi) is 6.55. The molecular weight excluding hydrogens is 492 g/mol. The molecule has 2 aliphatic heterocycles. The molecule has 5 heteroatoms. The van der Waals surface area contributed by atoms with Crippen molar-refractivity contribution < 1.29 is 4.74 Å². The molecule has 204 valence electrons. The van der Waals surface area contributed by atoms with E-state index in [9.17, 15) is 0 Å². The Bertz CT molecular complexity index is 1570. The Labute approximate surface area is 238 Å². The van der Waals surface area contributed by atoms with Crippen molar-refractivity contribution in [2.24, 2.45) is 0 Å². The molecule has 0 saturated carbocycles. The normalized spacial score (nSPS) is 16.4. The minimum absolute atomic E-state index is 0.0297. The average Bonchev–Trinajstić information content (AvgIpc) is 3.40. The van der Waals surface area contributed by atoms with Crippen molar-refractivity contribution in [3.8, 4) is 11.5 Å². The van der Waals surface area contributed by atoms with E-state index in [0.717, 1.165) is 36.2 Å². The minimum Gasteiger partial charge on any atom is -0.457 e. The fourth-order valence-electron chi connectivity index (χ4n) is 6.05. The molecule has 0 bridgehead atoms. The standard InChI is InChI=1S/C35H38N4O/c1-25-19-26(2)34(27(3)20-25)38-18-17-37(24-38)28-11-9-13-30(21-28)40-31-14-10-12-29(22-31)39-23-36(6)35(4,5)32-15-7-8-16-33(32)39/h7-22H,23-24H2,1-6H3. The van der Waals surface area contributed by atoms with Crippen LogP contribution in [0.1, 0.15) is 36.1 Å².